The van der Waals surface area contributed by atoms with Gasteiger partial charge in [0.1, 0.15) is 5.57 Å². The summed E-state index contributed by atoms with van der Waals surface area (Å²) in [4.78, 5) is 30.8. The van der Waals surface area contributed by atoms with Gasteiger partial charge in [-0.05, 0) is 112 Å². The molecule has 0 unspecified atom stereocenters. The predicted octanol–water partition coefficient (Wildman–Crippen LogP) is 6.77. The van der Waals surface area contributed by atoms with E-state index < -0.39 is 11.8 Å². The summed E-state index contributed by atoms with van der Waals surface area (Å²) in [6, 6.07) is 25.1. The summed E-state index contributed by atoms with van der Waals surface area (Å²) >= 11 is 5.77. The molecule has 6 heteroatoms. The van der Waals surface area contributed by atoms with Crippen molar-refractivity contribution in [3.63, 3.8) is 0 Å². The van der Waals surface area contributed by atoms with Crippen LogP contribution in [-0.2, 0) is 9.59 Å². The summed E-state index contributed by atoms with van der Waals surface area (Å²) in [7, 11) is 0. The summed E-state index contributed by atoms with van der Waals surface area (Å²) in [5.41, 5.74) is 8.43. The highest BCUT2D eigenvalue weighted by molar-refractivity contribution is 7.81. The van der Waals surface area contributed by atoms with Gasteiger partial charge in [-0.25, -0.2) is 0 Å². The predicted molar refractivity (Wildman–Crippen MR) is 158 cm³/mol. The van der Waals surface area contributed by atoms with Gasteiger partial charge in [-0.2, -0.15) is 0 Å². The van der Waals surface area contributed by atoms with Crippen molar-refractivity contribution in [2.24, 2.45) is 0 Å². The number of aryl methyl sites for hydroxylation is 4. The van der Waals surface area contributed by atoms with E-state index in [1.54, 1.807) is 6.08 Å². The van der Waals surface area contributed by atoms with E-state index in [9.17, 15) is 9.59 Å². The molecule has 0 bridgehead atoms. The molecule has 1 aliphatic heterocycles. The van der Waals surface area contributed by atoms with Crippen LogP contribution in [0.1, 0.15) is 33.6 Å². The Labute approximate surface area is 228 Å². The van der Waals surface area contributed by atoms with Gasteiger partial charge < -0.3 is 4.57 Å². The second kappa shape index (κ2) is 9.88. The number of benzene rings is 3. The number of hydrogen-bond donors (Lipinski definition) is 0. The number of carbonyl (C=O) groups is 2. The van der Waals surface area contributed by atoms with E-state index >= 15 is 0 Å². The minimum Gasteiger partial charge on any atom is -0.318 e. The van der Waals surface area contributed by atoms with E-state index in [2.05, 4.69) is 23.6 Å². The maximum absolute atomic E-state index is 14.0. The van der Waals surface area contributed by atoms with Crippen LogP contribution >= 0.6 is 12.2 Å². The second-order valence-corrected chi connectivity index (χ2v) is 10.0. The Kier molecular flexibility index (Phi) is 6.59. The van der Waals surface area contributed by atoms with Crippen molar-refractivity contribution < 1.29 is 9.59 Å². The van der Waals surface area contributed by atoms with Crippen LogP contribution in [-0.4, -0.2) is 21.5 Å². The summed E-state index contributed by atoms with van der Waals surface area (Å²) in [6.07, 6.45) is 1.70. The highest BCUT2D eigenvalue weighted by Crippen LogP contribution is 2.32. The summed E-state index contributed by atoms with van der Waals surface area (Å²) in [5, 5.41) is 0.136. The smallest absolute Gasteiger partial charge is 0.270 e. The number of rotatable bonds is 4. The molecule has 0 aliphatic carbocycles. The van der Waals surface area contributed by atoms with Gasteiger partial charge in [0.05, 0.1) is 11.4 Å². The van der Waals surface area contributed by atoms with Crippen LogP contribution in [0, 0.1) is 34.6 Å². The van der Waals surface area contributed by atoms with Crippen LogP contribution in [0.4, 0.5) is 11.4 Å². The zero-order valence-corrected chi connectivity index (χ0v) is 23.0. The van der Waals surface area contributed by atoms with Gasteiger partial charge in [-0.1, -0.05) is 42.5 Å². The fourth-order valence-corrected chi connectivity index (χ4v) is 5.28. The first-order valence-electron chi connectivity index (χ1n) is 12.5. The third-order valence-electron chi connectivity index (χ3n) is 7.14. The van der Waals surface area contributed by atoms with Gasteiger partial charge in [-0.3, -0.25) is 19.4 Å². The van der Waals surface area contributed by atoms with Gasteiger partial charge in [-0.15, -0.1) is 0 Å². The molecule has 0 saturated carbocycles. The molecular formula is C32H29N3O2S. The molecular weight excluding hydrogens is 490 g/mol. The lowest BCUT2D eigenvalue weighted by Gasteiger charge is -2.36. The molecule has 5 rings (SSSR count). The molecule has 1 saturated heterocycles. The molecule has 0 N–H and O–H groups in total. The van der Waals surface area contributed by atoms with Gasteiger partial charge in [0.15, 0.2) is 5.11 Å². The van der Waals surface area contributed by atoms with Crippen LogP contribution in [0.2, 0.25) is 0 Å². The molecule has 38 heavy (non-hydrogen) atoms. The highest BCUT2D eigenvalue weighted by Gasteiger charge is 2.41. The Morgan fingerprint density at radius 1 is 0.658 bits per heavy atom. The van der Waals surface area contributed by atoms with Gasteiger partial charge >= 0.3 is 0 Å². The fourth-order valence-electron chi connectivity index (χ4n) is 4.90. The van der Waals surface area contributed by atoms with E-state index in [0.717, 1.165) is 39.3 Å². The van der Waals surface area contributed by atoms with Crippen LogP contribution in [0.3, 0.4) is 0 Å². The van der Waals surface area contributed by atoms with Crippen molar-refractivity contribution in [1.29, 1.82) is 0 Å². The molecule has 1 fully saturated rings. The lowest BCUT2D eigenvalue weighted by molar-refractivity contribution is -0.120. The highest BCUT2D eigenvalue weighted by atomic mass is 32.1. The normalized spacial score (nSPS) is 15.1. The van der Waals surface area contributed by atoms with Crippen molar-refractivity contribution >= 4 is 46.6 Å². The summed E-state index contributed by atoms with van der Waals surface area (Å²) in [5.74, 6) is -0.872. The Bertz CT molecular complexity index is 1630. The maximum atomic E-state index is 14.0. The Balaban J connectivity index is 1.68. The van der Waals surface area contributed by atoms with Gasteiger partial charge in [0, 0.05) is 17.1 Å². The Hall–Kier alpha value is -4.29. The number of hydrogen-bond acceptors (Lipinski definition) is 3. The maximum Gasteiger partial charge on any atom is 0.270 e. The molecule has 3 aromatic carbocycles. The number of para-hydroxylation sites is 2. The van der Waals surface area contributed by atoms with Crippen molar-refractivity contribution in [2.45, 2.75) is 34.6 Å². The zero-order chi connectivity index (χ0) is 27.1. The zero-order valence-electron chi connectivity index (χ0n) is 22.1. The minimum atomic E-state index is -0.438. The van der Waals surface area contributed by atoms with E-state index in [-0.39, 0.29) is 10.7 Å². The van der Waals surface area contributed by atoms with Crippen molar-refractivity contribution in [1.82, 2.24) is 4.57 Å². The van der Waals surface area contributed by atoms with E-state index in [1.165, 1.54) is 9.80 Å². The lowest BCUT2D eigenvalue weighted by Crippen LogP contribution is -2.57. The second-order valence-electron chi connectivity index (χ2n) is 9.67. The number of thiocarbonyl (C=S) groups is 1. The van der Waals surface area contributed by atoms with Crippen LogP contribution in [0.15, 0.2) is 84.4 Å². The first-order valence-corrected chi connectivity index (χ1v) is 12.9. The topological polar surface area (TPSA) is 45.6 Å². The molecule has 1 aromatic heterocycles. The Morgan fingerprint density at radius 3 is 1.95 bits per heavy atom. The first-order chi connectivity index (χ1) is 18.2. The quantitative estimate of drug-likeness (QED) is 0.170. The minimum absolute atomic E-state index is 0.0608. The Morgan fingerprint density at radius 2 is 1.29 bits per heavy atom. The van der Waals surface area contributed by atoms with Gasteiger partial charge in [0.2, 0.25) is 0 Å². The average molecular weight is 520 g/mol. The molecule has 190 valence electrons. The van der Waals surface area contributed by atoms with E-state index in [4.69, 9.17) is 12.2 Å². The largest absolute Gasteiger partial charge is 0.318 e. The fraction of sp³-hybridized carbons (Fsp3) is 0.156. The third-order valence-corrected chi connectivity index (χ3v) is 7.50. The molecule has 4 aromatic rings. The van der Waals surface area contributed by atoms with Crippen LogP contribution < -0.4 is 9.80 Å². The molecule has 0 radical (unpaired) electrons. The van der Waals surface area contributed by atoms with Crippen LogP contribution in [0.25, 0.3) is 11.8 Å². The third kappa shape index (κ3) is 4.27. The van der Waals surface area contributed by atoms with Crippen molar-refractivity contribution in [3.05, 3.63) is 118 Å². The lowest BCUT2D eigenvalue weighted by atomic mass is 10.0. The summed E-state index contributed by atoms with van der Waals surface area (Å²) in [6.45, 7) is 10.1. The van der Waals surface area contributed by atoms with E-state index in [0.29, 0.717) is 11.4 Å². The summed E-state index contributed by atoms with van der Waals surface area (Å²) < 4.78 is 2.15. The van der Waals surface area contributed by atoms with E-state index in [1.807, 2.05) is 94.4 Å². The first kappa shape index (κ1) is 25.4. The monoisotopic (exact) mass is 519 g/mol. The molecule has 1 aliphatic rings. The number of aromatic nitrogens is 1. The molecule has 0 spiro atoms. The number of anilines is 2. The van der Waals surface area contributed by atoms with Crippen molar-refractivity contribution in [2.75, 3.05) is 9.80 Å². The molecule has 2 amide bonds. The number of carbonyl (C=O) groups excluding carboxylic acids is 2. The standard InChI is InChI=1S/C32H29N3O2S/c1-20-15-16-27(17-22(20)3)35-31(37)28(30(36)34(32(35)38)26-12-7-6-8-13-26)19-25-18-23(4)33(24(25)5)29-14-10-9-11-21(29)2/h6-19H,1-5H3/b28-19-. The SMILES string of the molecule is Cc1ccc(N2C(=O)/C(=C\c3cc(C)n(-c4ccccc4C)c3C)C(=O)N(c3ccccc3)C2=S)cc1C. The molecule has 5 nitrogen and oxygen atoms in total. The van der Waals surface area contributed by atoms with Crippen LogP contribution in [0.5, 0.6) is 0 Å². The molecule has 2 heterocycles. The number of amides is 2. The van der Waals surface area contributed by atoms with Gasteiger partial charge in [0.25, 0.3) is 11.8 Å². The molecule has 0 atom stereocenters. The number of nitrogens with zero attached hydrogens (tertiary/aromatic N) is 3. The average Bonchev–Trinajstić information content (AvgIpc) is 3.17. The van der Waals surface area contributed by atoms with Crippen molar-refractivity contribution in [3.8, 4) is 5.69 Å².